The number of carboxylic acid groups (broad SMARTS) is 1. The number of fused-ring (bicyclic) bond motifs is 1. The predicted molar refractivity (Wildman–Crippen MR) is 74.6 cm³/mol. The van der Waals surface area contributed by atoms with Gasteiger partial charge in [0, 0.05) is 9.17 Å². The zero-order valence-electron chi connectivity index (χ0n) is 9.66. The van der Waals surface area contributed by atoms with Crippen LogP contribution in [0.1, 0.15) is 19.4 Å². The van der Waals surface area contributed by atoms with E-state index in [1.807, 2.05) is 6.07 Å². The molecule has 1 aromatic carbocycles. The summed E-state index contributed by atoms with van der Waals surface area (Å²) in [4.78, 5) is 11.1. The Morgan fingerprint density at radius 1 is 1.47 bits per heavy atom. The minimum Gasteiger partial charge on any atom is -0.481 e. The molecular weight excluding hydrogens is 300 g/mol. The van der Waals surface area contributed by atoms with Gasteiger partial charge < -0.3 is 5.11 Å². The molecule has 0 spiro atoms. The average Bonchev–Trinajstić information content (AvgIpc) is 2.60. The summed E-state index contributed by atoms with van der Waals surface area (Å²) >= 11 is 5.11. The first kappa shape index (κ1) is 12.6. The Hall–Kier alpha value is -0.870. The normalized spacial score (nSPS) is 11.9. The summed E-state index contributed by atoms with van der Waals surface area (Å²) < 4.78 is 2.22. The number of halogens is 1. The van der Waals surface area contributed by atoms with Crippen LogP contribution in [0.3, 0.4) is 0 Å². The molecule has 2 aromatic rings. The SMILES string of the molecule is CC(C)(Cc1csc2ccc(Br)cc12)C(=O)O. The standard InChI is InChI=1S/C13H13BrO2S/c1-13(2,12(15)16)6-8-7-17-11-4-3-9(14)5-10(8)11/h3-5,7H,6H2,1-2H3,(H,15,16). The zero-order valence-corrected chi connectivity index (χ0v) is 12.1. The van der Waals surface area contributed by atoms with Gasteiger partial charge in [0.2, 0.25) is 0 Å². The van der Waals surface area contributed by atoms with Crippen LogP contribution in [0.15, 0.2) is 28.1 Å². The molecule has 0 unspecified atom stereocenters. The third-order valence-electron chi connectivity index (χ3n) is 2.83. The van der Waals surface area contributed by atoms with Gasteiger partial charge in [-0.25, -0.2) is 0 Å². The molecule has 1 aromatic heterocycles. The van der Waals surface area contributed by atoms with Crippen LogP contribution in [0.4, 0.5) is 0 Å². The first-order valence-electron chi connectivity index (χ1n) is 5.29. The van der Waals surface area contributed by atoms with Gasteiger partial charge in [-0.3, -0.25) is 4.79 Å². The van der Waals surface area contributed by atoms with Gasteiger partial charge in [-0.1, -0.05) is 15.9 Å². The summed E-state index contributed by atoms with van der Waals surface area (Å²) in [6, 6.07) is 6.12. The zero-order chi connectivity index (χ0) is 12.6. The van der Waals surface area contributed by atoms with Crippen molar-refractivity contribution >= 4 is 43.3 Å². The van der Waals surface area contributed by atoms with E-state index in [1.165, 1.54) is 4.70 Å². The third kappa shape index (κ3) is 2.53. The van der Waals surface area contributed by atoms with Gasteiger partial charge in [-0.2, -0.15) is 0 Å². The van der Waals surface area contributed by atoms with Crippen molar-refractivity contribution in [3.8, 4) is 0 Å². The van der Waals surface area contributed by atoms with Crippen LogP contribution >= 0.6 is 27.3 Å². The maximum absolute atomic E-state index is 11.1. The highest BCUT2D eigenvalue weighted by molar-refractivity contribution is 9.10. The molecule has 0 bridgehead atoms. The fourth-order valence-corrected chi connectivity index (χ4v) is 3.05. The van der Waals surface area contributed by atoms with E-state index >= 15 is 0 Å². The molecular formula is C13H13BrO2S. The fraction of sp³-hybridized carbons (Fsp3) is 0.308. The van der Waals surface area contributed by atoms with Gasteiger partial charge in [0.05, 0.1) is 5.41 Å². The van der Waals surface area contributed by atoms with Crippen molar-refractivity contribution in [2.24, 2.45) is 5.41 Å². The Kier molecular flexibility index (Phi) is 3.27. The number of hydrogen-bond acceptors (Lipinski definition) is 2. The predicted octanol–water partition coefficient (Wildman–Crippen LogP) is 4.32. The first-order valence-corrected chi connectivity index (χ1v) is 6.96. The lowest BCUT2D eigenvalue weighted by molar-refractivity contribution is -0.146. The van der Waals surface area contributed by atoms with Crippen molar-refractivity contribution in [1.82, 2.24) is 0 Å². The molecule has 0 aliphatic carbocycles. The van der Waals surface area contributed by atoms with Crippen LogP contribution in [0, 0.1) is 5.41 Å². The monoisotopic (exact) mass is 312 g/mol. The van der Waals surface area contributed by atoms with E-state index < -0.39 is 11.4 Å². The van der Waals surface area contributed by atoms with Crippen LogP contribution in [-0.4, -0.2) is 11.1 Å². The number of thiophene rings is 1. The van der Waals surface area contributed by atoms with E-state index in [0.29, 0.717) is 6.42 Å². The van der Waals surface area contributed by atoms with E-state index in [1.54, 1.807) is 25.2 Å². The lowest BCUT2D eigenvalue weighted by atomic mass is 9.86. The molecule has 0 amide bonds. The highest BCUT2D eigenvalue weighted by Gasteiger charge is 2.28. The summed E-state index contributed by atoms with van der Waals surface area (Å²) in [6.07, 6.45) is 0.554. The van der Waals surface area contributed by atoms with Gasteiger partial charge in [-0.05, 0) is 54.8 Å². The van der Waals surface area contributed by atoms with Gasteiger partial charge in [-0.15, -0.1) is 11.3 Å². The number of aliphatic carboxylic acids is 1. The van der Waals surface area contributed by atoms with E-state index in [9.17, 15) is 4.79 Å². The largest absolute Gasteiger partial charge is 0.481 e. The van der Waals surface area contributed by atoms with E-state index in [-0.39, 0.29) is 0 Å². The molecule has 0 saturated carbocycles. The van der Waals surface area contributed by atoms with Crippen molar-refractivity contribution in [3.05, 3.63) is 33.6 Å². The summed E-state index contributed by atoms with van der Waals surface area (Å²) in [5.41, 5.74) is 0.384. The number of hydrogen-bond donors (Lipinski definition) is 1. The summed E-state index contributed by atoms with van der Waals surface area (Å²) in [6.45, 7) is 3.52. The molecule has 2 rings (SSSR count). The molecule has 0 fully saturated rings. The van der Waals surface area contributed by atoms with Gasteiger partial charge in [0.25, 0.3) is 0 Å². The highest BCUT2D eigenvalue weighted by Crippen LogP contribution is 2.33. The van der Waals surface area contributed by atoms with Crippen LogP contribution in [0.2, 0.25) is 0 Å². The Bertz CT molecular complexity index is 572. The minimum atomic E-state index is -0.758. The smallest absolute Gasteiger partial charge is 0.309 e. The maximum Gasteiger partial charge on any atom is 0.309 e. The molecule has 17 heavy (non-hydrogen) atoms. The van der Waals surface area contributed by atoms with Gasteiger partial charge in [0.15, 0.2) is 0 Å². The fourth-order valence-electron chi connectivity index (χ4n) is 1.74. The molecule has 0 atom stereocenters. The second kappa shape index (κ2) is 4.42. The third-order valence-corrected chi connectivity index (χ3v) is 4.33. The number of carbonyl (C=O) groups is 1. The van der Waals surface area contributed by atoms with Crippen molar-refractivity contribution in [1.29, 1.82) is 0 Å². The number of benzene rings is 1. The number of rotatable bonds is 3. The molecule has 0 aliphatic heterocycles. The van der Waals surface area contributed by atoms with Crippen LogP contribution in [-0.2, 0) is 11.2 Å². The molecule has 1 N–H and O–H groups in total. The molecule has 0 aliphatic rings. The van der Waals surface area contributed by atoms with Crippen LogP contribution < -0.4 is 0 Å². The second-order valence-electron chi connectivity index (χ2n) is 4.77. The van der Waals surface area contributed by atoms with Gasteiger partial charge >= 0.3 is 5.97 Å². The molecule has 0 radical (unpaired) electrons. The molecule has 2 nitrogen and oxygen atoms in total. The summed E-state index contributed by atoms with van der Waals surface area (Å²) in [5.74, 6) is -0.758. The van der Waals surface area contributed by atoms with E-state index in [4.69, 9.17) is 5.11 Å². The number of carboxylic acids is 1. The topological polar surface area (TPSA) is 37.3 Å². The van der Waals surface area contributed by atoms with Crippen LogP contribution in [0.25, 0.3) is 10.1 Å². The van der Waals surface area contributed by atoms with E-state index in [0.717, 1.165) is 15.4 Å². The molecule has 1 heterocycles. The van der Waals surface area contributed by atoms with Crippen molar-refractivity contribution in [2.45, 2.75) is 20.3 Å². The van der Waals surface area contributed by atoms with Crippen LogP contribution in [0.5, 0.6) is 0 Å². The second-order valence-corrected chi connectivity index (χ2v) is 6.59. The highest BCUT2D eigenvalue weighted by atomic mass is 79.9. The van der Waals surface area contributed by atoms with E-state index in [2.05, 4.69) is 33.4 Å². The quantitative estimate of drug-likeness (QED) is 0.916. The Labute approximate surface area is 112 Å². The summed E-state index contributed by atoms with van der Waals surface area (Å²) in [5, 5.41) is 12.4. The average molecular weight is 313 g/mol. The molecule has 4 heteroatoms. The minimum absolute atomic E-state index is 0.554. The lowest BCUT2D eigenvalue weighted by Crippen LogP contribution is -2.25. The molecule has 90 valence electrons. The van der Waals surface area contributed by atoms with Gasteiger partial charge in [0.1, 0.15) is 0 Å². The maximum atomic E-state index is 11.1. The van der Waals surface area contributed by atoms with Crippen molar-refractivity contribution in [2.75, 3.05) is 0 Å². The first-order chi connectivity index (χ1) is 7.90. The summed E-state index contributed by atoms with van der Waals surface area (Å²) in [7, 11) is 0. The van der Waals surface area contributed by atoms with Crippen molar-refractivity contribution < 1.29 is 9.90 Å². The Balaban J connectivity index is 2.43. The Morgan fingerprint density at radius 2 is 2.18 bits per heavy atom. The van der Waals surface area contributed by atoms with Crippen molar-refractivity contribution in [3.63, 3.8) is 0 Å². The Morgan fingerprint density at radius 3 is 2.82 bits per heavy atom. The molecule has 0 saturated heterocycles. The lowest BCUT2D eigenvalue weighted by Gasteiger charge is -2.18.